The quantitative estimate of drug-likeness (QED) is 0.0169. The number of unbranched alkanes of at least 4 members (excludes halogenated alkanes) is 46. The Labute approximate surface area is 618 Å². The first-order valence-corrected chi connectivity index (χ1v) is 44.8. The number of phosphoric acid groups is 2. The lowest BCUT2D eigenvalue weighted by Crippen LogP contribution is -2.30. The first kappa shape index (κ1) is 98.5. The Hall–Kier alpha value is -2.46. The van der Waals surface area contributed by atoms with Crippen molar-refractivity contribution in [1.82, 2.24) is 0 Å². The smallest absolute Gasteiger partial charge is 0.462 e. The molecule has 3 N–H and O–H groups in total. The standard InChI is InChI=1S/C82H156O17P2/c1-7-9-11-13-15-16-17-18-24-32-37-42-48-54-60-66-81(86)98-77(70-92-79(84)64-58-52-44-14-12-10-8-2)72-96-100(88,89)94-68-76(83)69-95-101(90,91)97-73-78(71-93-80(85)65-59-53-47-41-36-31-28-23-26-30-35-40-46-51-57-63-75(5)6)99-82(87)67-61-55-49-43-38-33-27-22-20-19-21-25-29-34-39-45-50-56-62-74(3)4/h16-18,24,74-78,83H,7-15,19-23,25-73H2,1-6H3,(H,88,89)(H,90,91)/b17-16-,24-18-/t76-,77+,78+/m0/s1. The van der Waals surface area contributed by atoms with Gasteiger partial charge in [-0.05, 0) is 63.2 Å². The lowest BCUT2D eigenvalue weighted by Gasteiger charge is -2.21. The number of phosphoric ester groups is 2. The summed E-state index contributed by atoms with van der Waals surface area (Å²) >= 11 is 0. The third-order valence-corrected chi connectivity index (χ3v) is 20.5. The SMILES string of the molecule is CCCCCC/C=C\C=C/CCCCCCCC(=O)O[C@H](COC(=O)CCCCCCCCC)COP(=O)(O)OC[C@H](O)COP(=O)(O)OC[C@@H](COC(=O)CCCCCCCCCCCCCCCCCC(C)C)OC(=O)CCCCCCCCCCCCCCCCCCCCC(C)C. The molecule has 0 saturated carbocycles. The van der Waals surface area contributed by atoms with E-state index in [1.165, 1.54) is 199 Å². The molecule has 0 saturated heterocycles. The predicted molar refractivity (Wildman–Crippen MR) is 414 cm³/mol. The van der Waals surface area contributed by atoms with Crippen LogP contribution < -0.4 is 0 Å². The molecule has 0 heterocycles. The van der Waals surface area contributed by atoms with E-state index in [0.717, 1.165) is 127 Å². The molecule has 0 aliphatic carbocycles. The van der Waals surface area contributed by atoms with Crippen LogP contribution in [0.5, 0.6) is 0 Å². The van der Waals surface area contributed by atoms with Gasteiger partial charge in [0.25, 0.3) is 0 Å². The second-order valence-corrected chi connectivity index (χ2v) is 32.7. The van der Waals surface area contributed by atoms with Crippen LogP contribution in [-0.4, -0.2) is 96.7 Å². The largest absolute Gasteiger partial charge is 0.472 e. The molecule has 101 heavy (non-hydrogen) atoms. The molecule has 0 aromatic rings. The fraction of sp³-hybridized carbons (Fsp3) is 0.902. The number of ether oxygens (including phenoxy) is 4. The first-order chi connectivity index (χ1) is 48.9. The van der Waals surface area contributed by atoms with Gasteiger partial charge >= 0.3 is 39.5 Å². The molecule has 0 bridgehead atoms. The Morgan fingerprint density at radius 2 is 0.535 bits per heavy atom. The maximum atomic E-state index is 13.1. The van der Waals surface area contributed by atoms with Gasteiger partial charge in [0.15, 0.2) is 12.2 Å². The maximum absolute atomic E-state index is 13.1. The lowest BCUT2D eigenvalue weighted by molar-refractivity contribution is -0.161. The molecular weight excluding hydrogens is 1320 g/mol. The number of rotatable bonds is 79. The highest BCUT2D eigenvalue weighted by molar-refractivity contribution is 7.47. The van der Waals surface area contributed by atoms with Crippen molar-refractivity contribution in [3.63, 3.8) is 0 Å². The van der Waals surface area contributed by atoms with Crippen molar-refractivity contribution in [3.05, 3.63) is 24.3 Å². The number of allylic oxidation sites excluding steroid dienone is 4. The molecule has 0 amide bonds. The van der Waals surface area contributed by atoms with E-state index in [1.807, 2.05) is 0 Å². The lowest BCUT2D eigenvalue weighted by atomic mass is 10.0. The molecule has 0 aromatic heterocycles. The van der Waals surface area contributed by atoms with Crippen molar-refractivity contribution in [2.45, 2.75) is 426 Å². The van der Waals surface area contributed by atoms with Gasteiger partial charge in [0.2, 0.25) is 0 Å². The van der Waals surface area contributed by atoms with Crippen LogP contribution in [0.4, 0.5) is 0 Å². The number of aliphatic hydroxyl groups excluding tert-OH is 1. The number of hydrogen-bond acceptors (Lipinski definition) is 15. The van der Waals surface area contributed by atoms with Crippen LogP contribution in [0.1, 0.15) is 408 Å². The predicted octanol–water partition coefficient (Wildman–Crippen LogP) is 24.2. The van der Waals surface area contributed by atoms with Gasteiger partial charge in [-0.3, -0.25) is 37.3 Å². The molecule has 0 fully saturated rings. The molecule has 5 atom stereocenters. The average molecular weight is 1480 g/mol. The van der Waals surface area contributed by atoms with Crippen molar-refractivity contribution in [1.29, 1.82) is 0 Å². The molecule has 0 rings (SSSR count). The Bertz CT molecular complexity index is 2040. The molecule has 2 unspecified atom stereocenters. The molecular formula is C82H156O17P2. The van der Waals surface area contributed by atoms with E-state index in [1.54, 1.807) is 0 Å². The molecule has 17 nitrogen and oxygen atoms in total. The zero-order valence-corrected chi connectivity index (χ0v) is 67.5. The van der Waals surface area contributed by atoms with Crippen molar-refractivity contribution in [3.8, 4) is 0 Å². The highest BCUT2D eigenvalue weighted by Gasteiger charge is 2.30. The summed E-state index contributed by atoms with van der Waals surface area (Å²) in [5.74, 6) is -0.519. The van der Waals surface area contributed by atoms with E-state index in [4.69, 9.17) is 37.0 Å². The molecule has 0 radical (unpaired) electrons. The van der Waals surface area contributed by atoms with Crippen LogP contribution in [-0.2, 0) is 65.4 Å². The van der Waals surface area contributed by atoms with Crippen LogP contribution in [0.15, 0.2) is 24.3 Å². The van der Waals surface area contributed by atoms with Crippen LogP contribution in [0.3, 0.4) is 0 Å². The summed E-state index contributed by atoms with van der Waals surface area (Å²) in [4.78, 5) is 72.9. The fourth-order valence-corrected chi connectivity index (χ4v) is 13.8. The van der Waals surface area contributed by atoms with Crippen LogP contribution in [0.2, 0.25) is 0 Å². The maximum Gasteiger partial charge on any atom is 0.472 e. The van der Waals surface area contributed by atoms with Crippen molar-refractivity contribution >= 4 is 39.5 Å². The third-order valence-electron chi connectivity index (χ3n) is 18.6. The van der Waals surface area contributed by atoms with Crippen molar-refractivity contribution in [2.24, 2.45) is 11.8 Å². The van der Waals surface area contributed by atoms with Gasteiger partial charge in [-0.15, -0.1) is 0 Å². The van der Waals surface area contributed by atoms with Gasteiger partial charge in [-0.1, -0.05) is 355 Å². The molecule has 19 heteroatoms. The summed E-state index contributed by atoms with van der Waals surface area (Å²) in [5, 5.41) is 10.6. The third kappa shape index (κ3) is 75.6. The second-order valence-electron chi connectivity index (χ2n) is 29.8. The summed E-state index contributed by atoms with van der Waals surface area (Å²) in [6, 6.07) is 0. The highest BCUT2D eigenvalue weighted by Crippen LogP contribution is 2.45. The van der Waals surface area contributed by atoms with Crippen LogP contribution >= 0.6 is 15.6 Å². The van der Waals surface area contributed by atoms with E-state index in [-0.39, 0.29) is 25.7 Å². The number of carbonyl (C=O) groups excluding carboxylic acids is 4. The summed E-state index contributed by atoms with van der Waals surface area (Å²) in [6.45, 7) is 9.59. The number of esters is 4. The van der Waals surface area contributed by atoms with Gasteiger partial charge in [-0.25, -0.2) is 9.13 Å². The Kier molecular flexibility index (Phi) is 71.3. The summed E-state index contributed by atoms with van der Waals surface area (Å²) < 4.78 is 68.6. The molecule has 0 aromatic carbocycles. The first-order valence-electron chi connectivity index (χ1n) is 41.8. The van der Waals surface area contributed by atoms with E-state index in [0.29, 0.717) is 25.7 Å². The van der Waals surface area contributed by atoms with Gasteiger partial charge in [0.05, 0.1) is 26.4 Å². The van der Waals surface area contributed by atoms with E-state index in [2.05, 4.69) is 65.8 Å². The molecule has 0 spiro atoms. The highest BCUT2D eigenvalue weighted by atomic mass is 31.2. The second kappa shape index (κ2) is 73.1. The van der Waals surface area contributed by atoms with Crippen LogP contribution in [0, 0.1) is 11.8 Å². The van der Waals surface area contributed by atoms with E-state index >= 15 is 0 Å². The Morgan fingerprint density at radius 3 is 0.812 bits per heavy atom. The zero-order valence-electron chi connectivity index (χ0n) is 65.7. The minimum atomic E-state index is -4.97. The fourth-order valence-electron chi connectivity index (χ4n) is 12.2. The zero-order chi connectivity index (χ0) is 74.2. The van der Waals surface area contributed by atoms with E-state index < -0.39 is 97.5 Å². The molecule has 0 aliphatic rings. The monoisotopic (exact) mass is 1480 g/mol. The van der Waals surface area contributed by atoms with Gasteiger partial charge in [0.1, 0.15) is 19.3 Å². The number of aliphatic hydroxyl groups is 1. The van der Waals surface area contributed by atoms with Crippen molar-refractivity contribution < 1.29 is 80.2 Å². The normalized spacial score (nSPS) is 14.0. The summed E-state index contributed by atoms with van der Waals surface area (Å²) in [5.41, 5.74) is 0. The van der Waals surface area contributed by atoms with Gasteiger partial charge in [-0.2, -0.15) is 0 Å². The van der Waals surface area contributed by atoms with Crippen LogP contribution in [0.25, 0.3) is 0 Å². The Morgan fingerprint density at radius 1 is 0.307 bits per heavy atom. The topological polar surface area (TPSA) is 237 Å². The minimum Gasteiger partial charge on any atom is -0.462 e. The van der Waals surface area contributed by atoms with Crippen molar-refractivity contribution in [2.75, 3.05) is 39.6 Å². The van der Waals surface area contributed by atoms with Gasteiger partial charge in [0, 0.05) is 25.7 Å². The molecule has 596 valence electrons. The number of carbonyl (C=O) groups is 4. The minimum absolute atomic E-state index is 0.0848. The molecule has 0 aliphatic heterocycles. The summed E-state index contributed by atoms with van der Waals surface area (Å²) in [6.07, 6.45) is 66.2. The van der Waals surface area contributed by atoms with E-state index in [9.17, 15) is 43.2 Å². The number of hydrogen-bond donors (Lipinski definition) is 3. The average Bonchev–Trinajstić information content (AvgIpc) is 0.977. The van der Waals surface area contributed by atoms with Gasteiger partial charge < -0.3 is 33.8 Å². The summed E-state index contributed by atoms with van der Waals surface area (Å²) in [7, 11) is -9.93. The Balaban J connectivity index is 5.20.